The van der Waals surface area contributed by atoms with Gasteiger partial charge in [0.05, 0.1) is 23.2 Å². The van der Waals surface area contributed by atoms with E-state index in [1.54, 1.807) is 42.3 Å². The molecule has 0 saturated heterocycles. The molecule has 2 aromatic rings. The third kappa shape index (κ3) is 8.77. The Morgan fingerprint density at radius 1 is 1.07 bits per heavy atom. The zero-order chi connectivity index (χ0) is 38.7. The number of carbonyl (C=O) groups is 1. The van der Waals surface area contributed by atoms with Gasteiger partial charge in [-0.05, 0) is 92.0 Å². The molecule has 12 nitrogen and oxygen atoms in total. The van der Waals surface area contributed by atoms with Gasteiger partial charge in [-0.2, -0.15) is 0 Å². The summed E-state index contributed by atoms with van der Waals surface area (Å²) in [5.74, 6) is -0.785. The van der Waals surface area contributed by atoms with Crippen molar-refractivity contribution in [1.82, 2.24) is 4.90 Å². The number of allylic oxidation sites excluding steroid dienone is 1. The van der Waals surface area contributed by atoms with Crippen molar-refractivity contribution in [3.63, 3.8) is 0 Å². The molecule has 1 fully saturated rings. The third-order valence-corrected chi connectivity index (χ3v) is 10.7. The van der Waals surface area contributed by atoms with E-state index in [0.29, 0.717) is 48.8 Å². The molecule has 5 rings (SSSR count). The Morgan fingerprint density at radius 2 is 1.80 bits per heavy atom. The minimum Gasteiger partial charge on any atom is -0.490 e. The number of nitro groups is 1. The average molecular weight is 744 g/mol. The predicted octanol–water partition coefficient (Wildman–Crippen LogP) is 6.98. The highest BCUT2D eigenvalue weighted by molar-refractivity contribution is 6.03. The second kappa shape index (κ2) is 19.0. The number of hydrogen-bond acceptors (Lipinski definition) is 10. The van der Waals surface area contributed by atoms with Crippen LogP contribution in [0.5, 0.6) is 11.5 Å². The number of oxime groups is 1. The van der Waals surface area contributed by atoms with E-state index in [0.717, 1.165) is 36.8 Å². The second-order valence-corrected chi connectivity index (χ2v) is 13.9. The Labute approximate surface area is 317 Å². The molecule has 12 heteroatoms. The molecular formula is C42H53N3O9. The van der Waals surface area contributed by atoms with Gasteiger partial charge in [0.15, 0.2) is 0 Å². The summed E-state index contributed by atoms with van der Waals surface area (Å²) in [7, 11) is 1.72. The van der Waals surface area contributed by atoms with Crippen molar-refractivity contribution in [2.45, 2.75) is 69.6 Å². The maximum absolute atomic E-state index is 14.1. The van der Waals surface area contributed by atoms with Crippen LogP contribution in [0.3, 0.4) is 0 Å². The first-order valence-corrected chi connectivity index (χ1v) is 18.9. The molecule has 2 N–H and O–H groups in total. The van der Waals surface area contributed by atoms with Gasteiger partial charge in [-0.25, -0.2) is 0 Å². The highest BCUT2D eigenvalue weighted by Crippen LogP contribution is 2.61. The quantitative estimate of drug-likeness (QED) is 0.0481. The number of non-ortho nitro benzene ring substituents is 1. The Morgan fingerprint density at radius 3 is 2.46 bits per heavy atom. The molecule has 1 amide bonds. The van der Waals surface area contributed by atoms with Gasteiger partial charge in [-0.1, -0.05) is 42.8 Å². The van der Waals surface area contributed by atoms with Crippen LogP contribution in [-0.4, -0.2) is 83.6 Å². The van der Waals surface area contributed by atoms with Crippen molar-refractivity contribution in [3.8, 4) is 11.5 Å². The Bertz CT molecular complexity index is 1720. The number of amides is 1. The van der Waals surface area contributed by atoms with Gasteiger partial charge in [0.25, 0.3) is 5.69 Å². The maximum Gasteiger partial charge on any atom is 0.269 e. The second-order valence-electron chi connectivity index (χ2n) is 13.9. The molecule has 0 unspecified atom stereocenters. The fourth-order valence-corrected chi connectivity index (χ4v) is 8.26. The molecule has 2 aliphatic carbocycles. The summed E-state index contributed by atoms with van der Waals surface area (Å²) >= 11 is 0. The van der Waals surface area contributed by atoms with Gasteiger partial charge in [-0.15, -0.1) is 6.58 Å². The number of nitrogens with zero attached hydrogens (tertiary/aromatic N) is 3. The van der Waals surface area contributed by atoms with E-state index in [9.17, 15) is 25.1 Å². The zero-order valence-corrected chi connectivity index (χ0v) is 31.3. The highest BCUT2D eigenvalue weighted by Gasteiger charge is 2.65. The number of likely N-dealkylation sites (N-methyl/N-ethyl adjacent to an activating group) is 1. The zero-order valence-electron chi connectivity index (χ0n) is 31.3. The van der Waals surface area contributed by atoms with Crippen LogP contribution < -0.4 is 9.47 Å². The number of ether oxygens (including phenoxy) is 3. The Kier molecular flexibility index (Phi) is 14.2. The average Bonchev–Trinajstić information content (AvgIpc) is 3.18. The molecule has 1 saturated carbocycles. The molecule has 0 bridgehead atoms. The van der Waals surface area contributed by atoms with Crippen molar-refractivity contribution >= 4 is 23.4 Å². The molecule has 2 aromatic carbocycles. The van der Waals surface area contributed by atoms with Crippen molar-refractivity contribution in [2.24, 2.45) is 22.9 Å². The van der Waals surface area contributed by atoms with Gasteiger partial charge < -0.3 is 34.2 Å². The number of unbranched alkanes of at least 4 members (excludes halogenated alkanes) is 2. The van der Waals surface area contributed by atoms with E-state index in [1.807, 2.05) is 25.1 Å². The van der Waals surface area contributed by atoms with Crippen LogP contribution in [0, 0.1) is 27.9 Å². The van der Waals surface area contributed by atoms with E-state index < -0.39 is 22.7 Å². The molecule has 6 atom stereocenters. The predicted molar refractivity (Wildman–Crippen MR) is 207 cm³/mol. The van der Waals surface area contributed by atoms with E-state index in [-0.39, 0.29) is 55.6 Å². The topological polar surface area (TPSA) is 153 Å². The van der Waals surface area contributed by atoms with Crippen molar-refractivity contribution in [3.05, 3.63) is 107 Å². The molecular weight excluding hydrogens is 690 g/mol. The molecule has 0 spiro atoms. The van der Waals surface area contributed by atoms with E-state index >= 15 is 0 Å². The number of fused-ring (bicyclic) bond motifs is 2. The van der Waals surface area contributed by atoms with Crippen molar-refractivity contribution in [2.75, 3.05) is 40.1 Å². The van der Waals surface area contributed by atoms with Crippen LogP contribution in [0.25, 0.3) is 6.08 Å². The number of hydrogen-bond donors (Lipinski definition) is 2. The number of rotatable bonds is 20. The summed E-state index contributed by atoms with van der Waals surface area (Å²) < 4.78 is 20.0. The molecule has 0 radical (unpaired) electrons. The Hall–Kier alpha value is -4.78. The molecule has 1 aliphatic heterocycles. The SMILES string of the molecule is C=CCOc1ccc2c(c1)[C@H]1[C@H](CCCCO)[C@@H](CCCCO)C=C3C(=NOCC)C[C@H](N(C)C(=O)C=Cc4ccc([N+](=O)[O-])cc4)[C@@](OCC=C)(O2)[C@H]31. The molecule has 1 heterocycles. The van der Waals surface area contributed by atoms with Crippen LogP contribution in [0.15, 0.2) is 90.7 Å². The Balaban J connectivity index is 1.68. The number of aliphatic hydroxyl groups is 2. The van der Waals surface area contributed by atoms with Crippen LogP contribution in [0.2, 0.25) is 0 Å². The van der Waals surface area contributed by atoms with Crippen LogP contribution in [-0.2, 0) is 14.4 Å². The summed E-state index contributed by atoms with van der Waals surface area (Å²) in [4.78, 5) is 32.2. The third-order valence-electron chi connectivity index (χ3n) is 10.7. The summed E-state index contributed by atoms with van der Waals surface area (Å²) in [5, 5.41) is 35.4. The summed E-state index contributed by atoms with van der Waals surface area (Å²) in [5.41, 5.74) is 3.22. The van der Waals surface area contributed by atoms with Gasteiger partial charge in [0, 0.05) is 56.4 Å². The van der Waals surface area contributed by atoms with E-state index in [1.165, 1.54) is 18.2 Å². The summed E-state index contributed by atoms with van der Waals surface area (Å²) in [6.07, 6.45) is 13.7. The molecule has 3 aliphatic rings. The van der Waals surface area contributed by atoms with Gasteiger partial charge >= 0.3 is 0 Å². The lowest BCUT2D eigenvalue weighted by molar-refractivity contribution is -0.384. The fourth-order valence-electron chi connectivity index (χ4n) is 8.26. The standard InChI is InChI=1S/C42H53N3O9/c1-5-24-51-32-19-20-37-35(27-32)40-33(13-9-11-23-47)30(12-8-10-22-46)26-34-36(43-53-7-3)28-38(42(54-37,41(34)40)52-25-6-2)44(4)39(48)21-16-29-14-17-31(18-15-29)45(49)50/h5-6,14-21,26-27,30,33,38,40-41,46-47H,1-2,7-13,22-25,28H2,3-4H3/t30-,33+,38-,40+,41+,42+/m0/s1. The first-order chi connectivity index (χ1) is 26.2. The fraction of sp³-hybridized carbons (Fsp3) is 0.476. The maximum atomic E-state index is 14.1. The molecule has 54 heavy (non-hydrogen) atoms. The minimum atomic E-state index is -1.37. The molecule has 0 aromatic heterocycles. The number of aliphatic hydroxyl groups excluding tert-OH is 2. The van der Waals surface area contributed by atoms with Gasteiger partial charge in [0.1, 0.15) is 30.8 Å². The van der Waals surface area contributed by atoms with E-state index in [2.05, 4.69) is 24.4 Å². The smallest absolute Gasteiger partial charge is 0.269 e. The lowest BCUT2D eigenvalue weighted by Gasteiger charge is -2.59. The highest BCUT2D eigenvalue weighted by atomic mass is 16.7. The van der Waals surface area contributed by atoms with Crippen LogP contribution in [0.1, 0.15) is 68.9 Å². The van der Waals surface area contributed by atoms with E-state index in [4.69, 9.17) is 19.0 Å². The normalized spacial score (nSPS) is 24.9. The minimum absolute atomic E-state index is 0.0365. The van der Waals surface area contributed by atoms with Crippen molar-refractivity contribution < 1.29 is 39.0 Å². The number of benzene rings is 2. The lowest BCUT2D eigenvalue weighted by atomic mass is 9.55. The first-order valence-electron chi connectivity index (χ1n) is 18.9. The largest absolute Gasteiger partial charge is 0.490 e. The number of carbonyl (C=O) groups excluding carboxylic acids is 1. The van der Waals surface area contributed by atoms with Gasteiger partial charge in [0.2, 0.25) is 11.7 Å². The monoisotopic (exact) mass is 743 g/mol. The summed E-state index contributed by atoms with van der Waals surface area (Å²) in [6, 6.07) is 11.1. The van der Waals surface area contributed by atoms with Crippen LogP contribution in [0.4, 0.5) is 5.69 Å². The number of nitro benzene ring substituents is 1. The first kappa shape index (κ1) is 40.4. The van der Waals surface area contributed by atoms with Crippen molar-refractivity contribution in [1.29, 1.82) is 0 Å². The van der Waals surface area contributed by atoms with Gasteiger partial charge in [-0.3, -0.25) is 14.9 Å². The summed E-state index contributed by atoms with van der Waals surface area (Å²) in [6.45, 7) is 10.7. The van der Waals surface area contributed by atoms with Crippen LogP contribution >= 0.6 is 0 Å². The lowest BCUT2D eigenvalue weighted by Crippen LogP contribution is -2.69. The molecule has 290 valence electrons.